The third-order valence-electron chi connectivity index (χ3n) is 4.35. The second-order valence-electron chi connectivity index (χ2n) is 6.04. The van der Waals surface area contributed by atoms with Gasteiger partial charge >= 0.3 is 0 Å². The van der Waals surface area contributed by atoms with Gasteiger partial charge < -0.3 is 9.52 Å². The highest BCUT2D eigenvalue weighted by Gasteiger charge is 2.14. The lowest BCUT2D eigenvalue weighted by molar-refractivity contribution is 0.471. The molecule has 0 amide bonds. The zero-order chi connectivity index (χ0) is 16.2. The second-order valence-corrected chi connectivity index (χ2v) is 6.04. The standard InChI is InChI=1S/C20H22O3/c1-2-3-4-5-6-9-14-12-13-17-18(19(14)21)20(22)15-10-7-8-11-16(15)23-17/h7-8,10-13,21H,2-6,9H2,1H3. The number of phenols is 1. The highest BCUT2D eigenvalue weighted by molar-refractivity contribution is 5.93. The third-order valence-corrected chi connectivity index (χ3v) is 4.35. The van der Waals surface area contributed by atoms with Crippen molar-refractivity contribution in [3.63, 3.8) is 0 Å². The van der Waals surface area contributed by atoms with Gasteiger partial charge in [0.1, 0.15) is 22.3 Å². The van der Waals surface area contributed by atoms with Gasteiger partial charge in [0.25, 0.3) is 0 Å². The Morgan fingerprint density at radius 2 is 1.74 bits per heavy atom. The van der Waals surface area contributed by atoms with Crippen LogP contribution in [0.15, 0.2) is 45.6 Å². The molecule has 0 unspecified atom stereocenters. The van der Waals surface area contributed by atoms with E-state index >= 15 is 0 Å². The van der Waals surface area contributed by atoms with Gasteiger partial charge in [0.2, 0.25) is 5.43 Å². The molecule has 0 atom stereocenters. The number of hydrogen-bond acceptors (Lipinski definition) is 3. The molecule has 1 heterocycles. The van der Waals surface area contributed by atoms with E-state index in [2.05, 4.69) is 6.92 Å². The summed E-state index contributed by atoms with van der Waals surface area (Å²) >= 11 is 0. The van der Waals surface area contributed by atoms with Gasteiger partial charge in [0.15, 0.2) is 0 Å². The number of phenolic OH excluding ortho intramolecular Hbond substituents is 1. The fourth-order valence-electron chi connectivity index (χ4n) is 3.04. The highest BCUT2D eigenvalue weighted by Crippen LogP contribution is 2.29. The minimum Gasteiger partial charge on any atom is -0.507 e. The first-order valence-corrected chi connectivity index (χ1v) is 8.38. The van der Waals surface area contributed by atoms with Gasteiger partial charge in [0, 0.05) is 0 Å². The Bertz CT molecular complexity index is 877. The molecule has 0 aliphatic carbocycles. The molecule has 120 valence electrons. The molecular weight excluding hydrogens is 288 g/mol. The number of para-hydroxylation sites is 1. The van der Waals surface area contributed by atoms with Crippen LogP contribution in [-0.2, 0) is 6.42 Å². The van der Waals surface area contributed by atoms with Crippen LogP contribution in [0, 0.1) is 0 Å². The van der Waals surface area contributed by atoms with Gasteiger partial charge in [-0.15, -0.1) is 0 Å². The number of rotatable bonds is 6. The summed E-state index contributed by atoms with van der Waals surface area (Å²) in [6.07, 6.45) is 6.65. The van der Waals surface area contributed by atoms with E-state index < -0.39 is 0 Å². The first-order chi connectivity index (χ1) is 11.2. The minimum atomic E-state index is -0.160. The van der Waals surface area contributed by atoms with Crippen molar-refractivity contribution < 1.29 is 9.52 Å². The first kappa shape index (κ1) is 15.6. The van der Waals surface area contributed by atoms with E-state index in [9.17, 15) is 9.90 Å². The Morgan fingerprint density at radius 1 is 0.957 bits per heavy atom. The van der Waals surface area contributed by atoms with Crippen LogP contribution in [0.3, 0.4) is 0 Å². The summed E-state index contributed by atoms with van der Waals surface area (Å²) in [5, 5.41) is 11.3. The normalized spacial score (nSPS) is 11.3. The van der Waals surface area contributed by atoms with E-state index in [-0.39, 0.29) is 11.2 Å². The molecule has 3 rings (SSSR count). The molecule has 23 heavy (non-hydrogen) atoms. The summed E-state index contributed by atoms with van der Waals surface area (Å²) in [6.45, 7) is 2.19. The van der Waals surface area contributed by atoms with Crippen molar-refractivity contribution in [2.24, 2.45) is 0 Å². The quantitative estimate of drug-likeness (QED) is 0.505. The minimum absolute atomic E-state index is 0.0810. The molecule has 0 radical (unpaired) electrons. The first-order valence-electron chi connectivity index (χ1n) is 8.38. The van der Waals surface area contributed by atoms with Crippen molar-refractivity contribution in [2.45, 2.75) is 45.4 Å². The molecule has 1 aromatic heterocycles. The number of unbranched alkanes of at least 4 members (excludes halogenated alkanes) is 4. The summed E-state index contributed by atoms with van der Waals surface area (Å²) in [5.74, 6) is 0.0810. The summed E-state index contributed by atoms with van der Waals surface area (Å²) in [5.41, 5.74) is 1.67. The van der Waals surface area contributed by atoms with Crippen LogP contribution >= 0.6 is 0 Å². The van der Waals surface area contributed by atoms with Crippen LogP contribution in [-0.4, -0.2) is 5.11 Å². The topological polar surface area (TPSA) is 50.4 Å². The average Bonchev–Trinajstić information content (AvgIpc) is 2.56. The van der Waals surface area contributed by atoms with Gasteiger partial charge in [-0.25, -0.2) is 0 Å². The number of hydrogen-bond donors (Lipinski definition) is 1. The van der Waals surface area contributed by atoms with Gasteiger partial charge in [0.05, 0.1) is 5.39 Å². The Labute approximate surface area is 135 Å². The summed E-state index contributed by atoms with van der Waals surface area (Å²) < 4.78 is 5.76. The third kappa shape index (κ3) is 3.09. The lowest BCUT2D eigenvalue weighted by Crippen LogP contribution is -2.03. The maximum Gasteiger partial charge on any atom is 0.204 e. The van der Waals surface area contributed by atoms with Crippen molar-refractivity contribution in [2.75, 3.05) is 0 Å². The molecule has 3 aromatic rings. The molecule has 0 aliphatic heterocycles. The van der Waals surface area contributed by atoms with Crippen LogP contribution in [0.1, 0.15) is 44.6 Å². The molecule has 3 nitrogen and oxygen atoms in total. The predicted molar refractivity (Wildman–Crippen MR) is 94.1 cm³/mol. The van der Waals surface area contributed by atoms with Gasteiger partial charge in [-0.05, 0) is 36.6 Å². The zero-order valence-electron chi connectivity index (χ0n) is 13.5. The molecule has 1 N–H and O–H groups in total. The van der Waals surface area contributed by atoms with Crippen molar-refractivity contribution in [3.8, 4) is 5.75 Å². The van der Waals surface area contributed by atoms with Gasteiger partial charge in [-0.1, -0.05) is 50.8 Å². The van der Waals surface area contributed by atoms with Gasteiger partial charge in [-0.2, -0.15) is 0 Å². The second kappa shape index (κ2) is 6.86. The fourth-order valence-corrected chi connectivity index (χ4v) is 3.04. The highest BCUT2D eigenvalue weighted by atomic mass is 16.3. The zero-order valence-corrected chi connectivity index (χ0v) is 13.5. The Hall–Kier alpha value is -2.29. The Morgan fingerprint density at radius 3 is 2.57 bits per heavy atom. The molecule has 0 saturated heterocycles. The number of benzene rings is 2. The maximum atomic E-state index is 12.7. The van der Waals surface area contributed by atoms with Crippen LogP contribution < -0.4 is 5.43 Å². The molecule has 0 fully saturated rings. The maximum absolute atomic E-state index is 12.7. The van der Waals surface area contributed by atoms with Crippen molar-refractivity contribution in [3.05, 3.63) is 52.2 Å². The molecule has 0 spiro atoms. The Balaban J connectivity index is 1.96. The van der Waals surface area contributed by atoms with Crippen LogP contribution in [0.2, 0.25) is 0 Å². The molecule has 0 saturated carbocycles. The van der Waals surface area contributed by atoms with Crippen molar-refractivity contribution in [1.29, 1.82) is 0 Å². The summed E-state index contributed by atoms with van der Waals surface area (Å²) in [7, 11) is 0. The molecular formula is C20H22O3. The number of aromatic hydroxyl groups is 1. The molecule has 0 bridgehead atoms. The van der Waals surface area contributed by atoms with E-state index in [1.54, 1.807) is 24.3 Å². The lowest BCUT2D eigenvalue weighted by atomic mass is 10.0. The molecule has 0 aliphatic rings. The fraction of sp³-hybridized carbons (Fsp3) is 0.350. The monoisotopic (exact) mass is 310 g/mol. The molecule has 2 aromatic carbocycles. The summed E-state index contributed by atoms with van der Waals surface area (Å²) in [6, 6.07) is 10.8. The molecule has 3 heteroatoms. The van der Waals surface area contributed by atoms with Crippen molar-refractivity contribution in [1.82, 2.24) is 0 Å². The lowest BCUT2D eigenvalue weighted by Gasteiger charge is -2.08. The Kier molecular flexibility index (Phi) is 4.65. The number of aryl methyl sites for hydroxylation is 1. The van der Waals surface area contributed by atoms with Crippen LogP contribution in [0.5, 0.6) is 5.75 Å². The summed E-state index contributed by atoms with van der Waals surface area (Å²) in [4.78, 5) is 12.7. The largest absolute Gasteiger partial charge is 0.507 e. The SMILES string of the molecule is CCCCCCCc1ccc2oc3ccccc3c(=O)c2c1O. The van der Waals surface area contributed by atoms with E-state index in [4.69, 9.17) is 4.42 Å². The smallest absolute Gasteiger partial charge is 0.204 e. The van der Waals surface area contributed by atoms with E-state index in [0.717, 1.165) is 24.8 Å². The van der Waals surface area contributed by atoms with Gasteiger partial charge in [-0.3, -0.25) is 4.79 Å². The van der Waals surface area contributed by atoms with E-state index in [1.165, 1.54) is 19.3 Å². The van der Waals surface area contributed by atoms with E-state index in [0.29, 0.717) is 21.9 Å². The average molecular weight is 310 g/mol. The number of fused-ring (bicyclic) bond motifs is 2. The predicted octanol–water partition coefficient (Wildman–Crippen LogP) is 5.16. The van der Waals surface area contributed by atoms with Crippen LogP contribution in [0.25, 0.3) is 21.9 Å². The van der Waals surface area contributed by atoms with Crippen molar-refractivity contribution >= 4 is 21.9 Å². The van der Waals surface area contributed by atoms with E-state index in [1.807, 2.05) is 12.1 Å². The van der Waals surface area contributed by atoms with Crippen LogP contribution in [0.4, 0.5) is 0 Å².